The molecule has 104 valence electrons. The zero-order valence-electron chi connectivity index (χ0n) is 10.8. The molecule has 3 rings (SSSR count). The van der Waals surface area contributed by atoms with Crippen LogP contribution in [0, 0.1) is 11.3 Å². The van der Waals surface area contributed by atoms with Gasteiger partial charge in [0.15, 0.2) is 0 Å². The molecule has 0 unspecified atom stereocenters. The number of alkyl halides is 3. The molecular formula is C15H17F3O. The third-order valence-electron chi connectivity index (χ3n) is 4.51. The van der Waals surface area contributed by atoms with Gasteiger partial charge in [-0.3, -0.25) is 0 Å². The van der Waals surface area contributed by atoms with Crippen LogP contribution in [0.2, 0.25) is 0 Å². The van der Waals surface area contributed by atoms with Gasteiger partial charge < -0.3 is 4.74 Å². The maximum absolute atomic E-state index is 12.0. The van der Waals surface area contributed by atoms with Gasteiger partial charge in [-0.25, -0.2) is 0 Å². The van der Waals surface area contributed by atoms with Gasteiger partial charge in [0.2, 0.25) is 0 Å². The second-order valence-corrected chi connectivity index (χ2v) is 6.24. The molecule has 0 aliphatic heterocycles. The van der Waals surface area contributed by atoms with E-state index in [0.717, 1.165) is 11.5 Å². The molecule has 19 heavy (non-hydrogen) atoms. The standard InChI is InChI=1S/C15H17F3O/c1-10-6-14(7-10)8-12(9-14)11-2-4-13(5-3-11)19-15(16,17)18/h2-5,10,12H,6-9H2,1H3. The molecule has 2 aliphatic carbocycles. The van der Waals surface area contributed by atoms with Crippen molar-refractivity contribution in [2.24, 2.45) is 11.3 Å². The van der Waals surface area contributed by atoms with Crippen molar-refractivity contribution < 1.29 is 17.9 Å². The van der Waals surface area contributed by atoms with Crippen LogP contribution in [-0.2, 0) is 0 Å². The molecule has 0 aromatic heterocycles. The molecule has 4 heteroatoms. The fourth-order valence-corrected chi connectivity index (χ4v) is 3.91. The summed E-state index contributed by atoms with van der Waals surface area (Å²) in [4.78, 5) is 0. The van der Waals surface area contributed by atoms with Gasteiger partial charge in [-0.2, -0.15) is 0 Å². The summed E-state index contributed by atoms with van der Waals surface area (Å²) in [6.45, 7) is 2.28. The molecule has 0 bridgehead atoms. The summed E-state index contributed by atoms with van der Waals surface area (Å²) in [5.74, 6) is 1.23. The van der Waals surface area contributed by atoms with Gasteiger partial charge in [0, 0.05) is 0 Å². The topological polar surface area (TPSA) is 9.23 Å². The first kappa shape index (κ1) is 12.8. The fraction of sp³-hybridized carbons (Fsp3) is 0.600. The van der Waals surface area contributed by atoms with E-state index in [4.69, 9.17) is 0 Å². The molecule has 1 spiro atoms. The number of rotatable bonds is 2. The highest BCUT2D eigenvalue weighted by molar-refractivity contribution is 5.32. The van der Waals surface area contributed by atoms with Crippen LogP contribution in [-0.4, -0.2) is 6.36 Å². The molecule has 0 saturated heterocycles. The minimum atomic E-state index is -4.61. The summed E-state index contributed by atoms with van der Waals surface area (Å²) in [5, 5.41) is 0. The molecular weight excluding hydrogens is 253 g/mol. The average molecular weight is 270 g/mol. The molecule has 0 amide bonds. The lowest BCUT2D eigenvalue weighted by Crippen LogP contribution is -2.45. The Bertz CT molecular complexity index is 449. The first-order chi connectivity index (χ1) is 8.85. The Labute approximate surface area is 110 Å². The Kier molecular flexibility index (Phi) is 2.80. The minimum absolute atomic E-state index is 0.137. The summed E-state index contributed by atoms with van der Waals surface area (Å²) in [7, 11) is 0. The average Bonchev–Trinajstić information content (AvgIpc) is 2.20. The largest absolute Gasteiger partial charge is 0.573 e. The van der Waals surface area contributed by atoms with Gasteiger partial charge >= 0.3 is 6.36 Å². The van der Waals surface area contributed by atoms with Crippen LogP contribution in [0.4, 0.5) is 13.2 Å². The highest BCUT2D eigenvalue weighted by atomic mass is 19.4. The lowest BCUT2D eigenvalue weighted by molar-refractivity contribution is -0.274. The molecule has 1 aromatic carbocycles. The van der Waals surface area contributed by atoms with Crippen molar-refractivity contribution in [3.63, 3.8) is 0 Å². The smallest absolute Gasteiger partial charge is 0.406 e. The summed E-state index contributed by atoms with van der Waals surface area (Å²) in [6.07, 6.45) is 0.412. The van der Waals surface area contributed by atoms with E-state index in [0.29, 0.717) is 11.3 Å². The van der Waals surface area contributed by atoms with E-state index in [9.17, 15) is 13.2 Å². The van der Waals surface area contributed by atoms with Gasteiger partial charge in [0.1, 0.15) is 5.75 Å². The maximum atomic E-state index is 12.0. The van der Waals surface area contributed by atoms with Crippen LogP contribution < -0.4 is 4.74 Å². The van der Waals surface area contributed by atoms with Crippen molar-refractivity contribution >= 4 is 0 Å². The highest BCUT2D eigenvalue weighted by Crippen LogP contribution is 2.63. The third kappa shape index (κ3) is 2.58. The van der Waals surface area contributed by atoms with Gasteiger partial charge in [-0.05, 0) is 60.6 Å². The van der Waals surface area contributed by atoms with Crippen LogP contribution in [0.1, 0.15) is 44.1 Å². The zero-order valence-corrected chi connectivity index (χ0v) is 10.8. The van der Waals surface area contributed by atoms with Gasteiger partial charge in [-0.15, -0.1) is 13.2 Å². The Morgan fingerprint density at radius 2 is 1.63 bits per heavy atom. The summed E-state index contributed by atoms with van der Waals surface area (Å²) < 4.78 is 40.0. The zero-order chi connectivity index (χ0) is 13.7. The number of ether oxygens (including phenoxy) is 1. The molecule has 2 fully saturated rings. The fourth-order valence-electron chi connectivity index (χ4n) is 3.91. The van der Waals surface area contributed by atoms with Crippen molar-refractivity contribution in [1.82, 2.24) is 0 Å². The SMILES string of the molecule is CC1CC2(C1)CC(c1ccc(OC(F)(F)F)cc1)C2. The summed E-state index contributed by atoms with van der Waals surface area (Å²) >= 11 is 0. The molecule has 1 nitrogen and oxygen atoms in total. The van der Waals surface area contributed by atoms with E-state index in [-0.39, 0.29) is 5.75 Å². The first-order valence-corrected chi connectivity index (χ1v) is 6.71. The van der Waals surface area contributed by atoms with E-state index in [2.05, 4.69) is 11.7 Å². The van der Waals surface area contributed by atoms with E-state index < -0.39 is 6.36 Å². The van der Waals surface area contributed by atoms with E-state index in [1.54, 1.807) is 12.1 Å². The highest BCUT2D eigenvalue weighted by Gasteiger charge is 2.51. The monoisotopic (exact) mass is 270 g/mol. The van der Waals surface area contributed by atoms with Crippen LogP contribution in [0.25, 0.3) is 0 Å². The molecule has 2 saturated carbocycles. The van der Waals surface area contributed by atoms with Gasteiger partial charge in [-0.1, -0.05) is 19.1 Å². The Morgan fingerprint density at radius 3 is 2.11 bits per heavy atom. The molecule has 0 atom stereocenters. The second kappa shape index (κ2) is 4.15. The predicted molar refractivity (Wildman–Crippen MR) is 65.9 cm³/mol. The van der Waals surface area contributed by atoms with Crippen molar-refractivity contribution in [1.29, 1.82) is 0 Å². The lowest BCUT2D eigenvalue weighted by Gasteiger charge is -2.57. The lowest BCUT2D eigenvalue weighted by atomic mass is 9.47. The molecule has 0 heterocycles. The van der Waals surface area contributed by atoms with E-state index in [1.165, 1.54) is 37.8 Å². The summed E-state index contributed by atoms with van der Waals surface area (Å²) in [6, 6.07) is 6.36. The van der Waals surface area contributed by atoms with Gasteiger partial charge in [0.25, 0.3) is 0 Å². The molecule has 2 aliphatic rings. The second-order valence-electron chi connectivity index (χ2n) is 6.24. The Hall–Kier alpha value is -1.19. The number of hydrogen-bond acceptors (Lipinski definition) is 1. The summed E-state index contributed by atoms with van der Waals surface area (Å²) in [5.41, 5.74) is 1.70. The predicted octanol–water partition coefficient (Wildman–Crippen LogP) is 4.88. The number of halogens is 3. The van der Waals surface area contributed by atoms with Crippen molar-refractivity contribution in [3.05, 3.63) is 29.8 Å². The quantitative estimate of drug-likeness (QED) is 0.744. The van der Waals surface area contributed by atoms with E-state index >= 15 is 0 Å². The molecule has 0 N–H and O–H groups in total. The van der Waals surface area contributed by atoms with Gasteiger partial charge in [0.05, 0.1) is 0 Å². The normalized spacial score (nSPS) is 33.7. The van der Waals surface area contributed by atoms with Crippen molar-refractivity contribution in [2.45, 2.75) is 44.9 Å². The number of benzene rings is 1. The van der Waals surface area contributed by atoms with Crippen LogP contribution in [0.3, 0.4) is 0 Å². The maximum Gasteiger partial charge on any atom is 0.573 e. The Balaban J connectivity index is 1.59. The minimum Gasteiger partial charge on any atom is -0.406 e. The van der Waals surface area contributed by atoms with Crippen LogP contribution in [0.15, 0.2) is 24.3 Å². The molecule has 0 radical (unpaired) electrons. The van der Waals surface area contributed by atoms with Crippen molar-refractivity contribution in [3.8, 4) is 5.75 Å². The Morgan fingerprint density at radius 1 is 1.05 bits per heavy atom. The van der Waals surface area contributed by atoms with Crippen molar-refractivity contribution in [2.75, 3.05) is 0 Å². The third-order valence-corrected chi connectivity index (χ3v) is 4.51. The first-order valence-electron chi connectivity index (χ1n) is 6.71. The number of hydrogen-bond donors (Lipinski definition) is 0. The van der Waals surface area contributed by atoms with Crippen LogP contribution >= 0.6 is 0 Å². The van der Waals surface area contributed by atoms with Crippen LogP contribution in [0.5, 0.6) is 5.75 Å². The van der Waals surface area contributed by atoms with E-state index in [1.807, 2.05) is 0 Å². The molecule has 1 aromatic rings.